The van der Waals surface area contributed by atoms with Gasteiger partial charge >= 0.3 is 17.9 Å². The summed E-state index contributed by atoms with van der Waals surface area (Å²) >= 11 is 0. The van der Waals surface area contributed by atoms with E-state index >= 15 is 0 Å². The molecule has 1 unspecified atom stereocenters. The van der Waals surface area contributed by atoms with Crippen LogP contribution >= 0.6 is 0 Å². The molecule has 2 rings (SSSR count). The number of halogens is 1. The zero-order chi connectivity index (χ0) is 23.5. The van der Waals surface area contributed by atoms with Crippen LogP contribution in [0.15, 0.2) is 54.6 Å². The molecule has 0 aromatic heterocycles. The lowest BCUT2D eigenvalue weighted by Crippen LogP contribution is -2.12. The van der Waals surface area contributed by atoms with E-state index in [0.29, 0.717) is 16.7 Å². The Morgan fingerprint density at radius 3 is 1.91 bits per heavy atom. The highest BCUT2D eigenvalue weighted by Crippen LogP contribution is 2.30. The molecule has 0 N–H and O–H groups in total. The van der Waals surface area contributed by atoms with E-state index in [4.69, 9.17) is 14.2 Å². The smallest absolute Gasteiger partial charge is 0.330 e. The molecule has 1 atom stereocenters. The van der Waals surface area contributed by atoms with Crippen molar-refractivity contribution in [2.45, 2.75) is 26.9 Å². The second-order valence-corrected chi connectivity index (χ2v) is 6.61. The Hall–Kier alpha value is -3.74. The van der Waals surface area contributed by atoms with Crippen molar-refractivity contribution in [1.29, 1.82) is 0 Å². The van der Waals surface area contributed by atoms with Crippen LogP contribution in [0.5, 0.6) is 0 Å². The molecule has 0 fully saturated rings. The number of hydrogen-bond donors (Lipinski definition) is 0. The minimum absolute atomic E-state index is 0.176. The second kappa shape index (κ2) is 12.2. The fourth-order valence-electron chi connectivity index (χ4n) is 2.92. The Kier molecular flexibility index (Phi) is 9.35. The van der Waals surface area contributed by atoms with E-state index in [9.17, 15) is 18.8 Å². The van der Waals surface area contributed by atoms with E-state index in [0.717, 1.165) is 0 Å². The highest BCUT2D eigenvalue weighted by molar-refractivity contribution is 5.88. The lowest BCUT2D eigenvalue weighted by Gasteiger charge is -2.19. The lowest BCUT2D eigenvalue weighted by atomic mass is 9.96. The fraction of sp³-hybridized carbons (Fsp3) is 0.240. The van der Waals surface area contributed by atoms with Gasteiger partial charge < -0.3 is 14.2 Å². The molecule has 168 valence electrons. The van der Waals surface area contributed by atoms with Crippen LogP contribution in [0.1, 0.15) is 49.1 Å². The molecule has 6 nitrogen and oxygen atoms in total. The van der Waals surface area contributed by atoms with Crippen LogP contribution in [0.3, 0.4) is 0 Å². The highest BCUT2D eigenvalue weighted by atomic mass is 19.1. The third-order valence-corrected chi connectivity index (χ3v) is 4.17. The molecule has 0 aliphatic carbocycles. The van der Waals surface area contributed by atoms with E-state index in [-0.39, 0.29) is 18.8 Å². The molecule has 0 saturated carbocycles. The first kappa shape index (κ1) is 24.5. The molecule has 32 heavy (non-hydrogen) atoms. The van der Waals surface area contributed by atoms with Crippen molar-refractivity contribution in [3.05, 3.63) is 82.7 Å². The summed E-state index contributed by atoms with van der Waals surface area (Å²) in [5, 5.41) is 0. The van der Waals surface area contributed by atoms with Crippen molar-refractivity contribution < 1.29 is 33.0 Å². The highest BCUT2D eigenvalue weighted by Gasteiger charge is 2.21. The Morgan fingerprint density at radius 2 is 1.44 bits per heavy atom. The van der Waals surface area contributed by atoms with Crippen LogP contribution in [0.25, 0.3) is 12.2 Å². The number of benzene rings is 2. The minimum atomic E-state index is -1.03. The van der Waals surface area contributed by atoms with Gasteiger partial charge in [-0.15, -0.1) is 0 Å². The Bertz CT molecular complexity index is 979. The second-order valence-electron chi connectivity index (χ2n) is 6.61. The standard InChI is InChI=1S/C25H25FO6/c1-4-30-23(28)12-10-18-14-19(11-13-24(29)31-5-2)16-20(15-18)25(32-17(3)27)21-8-6-7-9-22(21)26/h6-16,25H,4-5H2,1-3H3. The molecule has 0 aliphatic rings. The zero-order valence-electron chi connectivity index (χ0n) is 18.2. The molecule has 0 saturated heterocycles. The van der Waals surface area contributed by atoms with Gasteiger partial charge in [-0.05, 0) is 67.0 Å². The molecule has 0 radical (unpaired) electrons. The Morgan fingerprint density at radius 1 is 0.906 bits per heavy atom. The monoisotopic (exact) mass is 440 g/mol. The Balaban J connectivity index is 2.56. The number of esters is 3. The van der Waals surface area contributed by atoms with Crippen LogP contribution in [-0.4, -0.2) is 31.1 Å². The van der Waals surface area contributed by atoms with Gasteiger partial charge in [0.05, 0.1) is 13.2 Å². The predicted molar refractivity (Wildman–Crippen MR) is 118 cm³/mol. The summed E-state index contributed by atoms with van der Waals surface area (Å²) in [6.07, 6.45) is 4.53. The van der Waals surface area contributed by atoms with Crippen molar-refractivity contribution >= 4 is 30.1 Å². The van der Waals surface area contributed by atoms with Gasteiger partial charge in [-0.3, -0.25) is 4.79 Å². The molecule has 2 aromatic carbocycles. The molecule has 0 heterocycles. The van der Waals surface area contributed by atoms with E-state index in [2.05, 4.69) is 0 Å². The van der Waals surface area contributed by atoms with Gasteiger partial charge in [-0.25, -0.2) is 14.0 Å². The predicted octanol–water partition coefficient (Wildman–Crippen LogP) is 4.63. The number of carbonyl (C=O) groups is 3. The van der Waals surface area contributed by atoms with Crippen molar-refractivity contribution in [3.8, 4) is 0 Å². The number of rotatable bonds is 9. The fourth-order valence-corrected chi connectivity index (χ4v) is 2.92. The maximum absolute atomic E-state index is 14.5. The van der Waals surface area contributed by atoms with Gasteiger partial charge in [0.25, 0.3) is 0 Å². The SMILES string of the molecule is CCOC(=O)C=Cc1cc(C=CC(=O)OCC)cc(C(OC(C)=O)c2ccccc2F)c1. The van der Waals surface area contributed by atoms with Gasteiger partial charge in [0, 0.05) is 24.6 Å². The molecular weight excluding hydrogens is 415 g/mol. The van der Waals surface area contributed by atoms with Crippen molar-refractivity contribution in [3.63, 3.8) is 0 Å². The number of carbonyl (C=O) groups excluding carboxylic acids is 3. The number of hydrogen-bond acceptors (Lipinski definition) is 6. The van der Waals surface area contributed by atoms with Crippen molar-refractivity contribution in [2.75, 3.05) is 13.2 Å². The summed E-state index contributed by atoms with van der Waals surface area (Å²) in [5.41, 5.74) is 1.76. The molecule has 0 bridgehead atoms. The summed E-state index contributed by atoms with van der Waals surface area (Å²) in [5.74, 6) is -2.16. The molecule has 2 aromatic rings. The molecular formula is C25H25FO6. The van der Waals surface area contributed by atoms with E-state index in [1.807, 2.05) is 0 Å². The van der Waals surface area contributed by atoms with Gasteiger partial charge in [0.2, 0.25) is 0 Å². The lowest BCUT2D eigenvalue weighted by molar-refractivity contribution is -0.145. The first-order valence-corrected chi connectivity index (χ1v) is 10.1. The first-order chi connectivity index (χ1) is 15.3. The van der Waals surface area contributed by atoms with Crippen LogP contribution in [0.4, 0.5) is 4.39 Å². The Labute approximate surface area is 186 Å². The van der Waals surface area contributed by atoms with Crippen LogP contribution in [-0.2, 0) is 28.6 Å². The average molecular weight is 440 g/mol. The quantitative estimate of drug-likeness (QED) is 0.321. The van der Waals surface area contributed by atoms with Gasteiger partial charge in [0.15, 0.2) is 6.10 Å². The van der Waals surface area contributed by atoms with Gasteiger partial charge in [-0.1, -0.05) is 18.2 Å². The van der Waals surface area contributed by atoms with E-state index in [1.54, 1.807) is 38.1 Å². The summed E-state index contributed by atoms with van der Waals surface area (Å²) in [6.45, 7) is 5.10. The maximum atomic E-state index is 14.5. The van der Waals surface area contributed by atoms with Crippen molar-refractivity contribution in [1.82, 2.24) is 0 Å². The topological polar surface area (TPSA) is 78.9 Å². The molecule has 7 heteroatoms. The summed E-state index contributed by atoms with van der Waals surface area (Å²) < 4.78 is 29.7. The largest absolute Gasteiger partial charge is 0.463 e. The zero-order valence-corrected chi connectivity index (χ0v) is 18.2. The maximum Gasteiger partial charge on any atom is 0.330 e. The van der Waals surface area contributed by atoms with Crippen LogP contribution < -0.4 is 0 Å². The van der Waals surface area contributed by atoms with Crippen molar-refractivity contribution in [2.24, 2.45) is 0 Å². The first-order valence-electron chi connectivity index (χ1n) is 10.1. The van der Waals surface area contributed by atoms with Crippen LogP contribution in [0, 0.1) is 5.82 Å². The summed E-state index contributed by atoms with van der Waals surface area (Å²) in [4.78, 5) is 35.2. The average Bonchev–Trinajstić information content (AvgIpc) is 2.75. The van der Waals surface area contributed by atoms with E-state index in [1.165, 1.54) is 49.4 Å². The third kappa shape index (κ3) is 7.50. The molecule has 0 amide bonds. The third-order valence-electron chi connectivity index (χ3n) is 4.17. The summed E-state index contributed by atoms with van der Waals surface area (Å²) in [6, 6.07) is 11.0. The van der Waals surface area contributed by atoms with E-state index < -0.39 is 29.8 Å². The van der Waals surface area contributed by atoms with Crippen LogP contribution in [0.2, 0.25) is 0 Å². The molecule has 0 aliphatic heterocycles. The minimum Gasteiger partial charge on any atom is -0.463 e. The molecule has 0 spiro atoms. The van der Waals surface area contributed by atoms with Gasteiger partial charge in [-0.2, -0.15) is 0 Å². The number of ether oxygens (including phenoxy) is 3. The van der Waals surface area contributed by atoms with Gasteiger partial charge in [0.1, 0.15) is 5.82 Å². The normalized spacial score (nSPS) is 12.0. The summed E-state index contributed by atoms with van der Waals surface area (Å²) in [7, 11) is 0.